The summed E-state index contributed by atoms with van der Waals surface area (Å²) in [5.41, 5.74) is 0. The zero-order chi connectivity index (χ0) is 10.4. The van der Waals surface area contributed by atoms with Crippen LogP contribution in [0, 0.1) is 5.92 Å². The fourth-order valence-electron chi connectivity index (χ4n) is 1.79. The third-order valence-corrected chi connectivity index (χ3v) is 2.71. The fourth-order valence-corrected chi connectivity index (χ4v) is 1.79. The maximum atomic E-state index is 5.70. The van der Waals surface area contributed by atoms with Crippen molar-refractivity contribution in [2.45, 2.75) is 39.3 Å². The van der Waals surface area contributed by atoms with E-state index in [9.17, 15) is 0 Å². The average Bonchev–Trinajstić information content (AvgIpc) is 2.61. The monoisotopic (exact) mass is 201 g/mol. The van der Waals surface area contributed by atoms with E-state index in [-0.39, 0.29) is 0 Å². The maximum Gasteiger partial charge on any atom is 0.0715 e. The molecule has 0 bridgehead atoms. The fraction of sp³-hybridized carbons (Fsp3) is 1.00. The number of rotatable bonds is 6. The van der Waals surface area contributed by atoms with Crippen molar-refractivity contribution >= 4 is 0 Å². The summed E-state index contributed by atoms with van der Waals surface area (Å²) in [5, 5.41) is 3.48. The van der Waals surface area contributed by atoms with Gasteiger partial charge < -0.3 is 14.8 Å². The van der Waals surface area contributed by atoms with Gasteiger partial charge in [0.25, 0.3) is 0 Å². The summed E-state index contributed by atoms with van der Waals surface area (Å²) < 4.78 is 10.9. The molecule has 1 fully saturated rings. The number of nitrogens with one attached hydrogen (secondary N) is 1. The van der Waals surface area contributed by atoms with Crippen molar-refractivity contribution in [3.63, 3.8) is 0 Å². The second kappa shape index (κ2) is 6.38. The Balaban J connectivity index is 2.04. The van der Waals surface area contributed by atoms with E-state index < -0.39 is 0 Å². The molecule has 84 valence electrons. The first-order valence-corrected chi connectivity index (χ1v) is 5.66. The SMILES string of the molecule is CCOCCO[C@H]1CN[C@@H](C(C)C)C1. The first-order chi connectivity index (χ1) is 6.74. The van der Waals surface area contributed by atoms with Gasteiger partial charge in [-0.2, -0.15) is 0 Å². The Kier molecular flexibility index (Phi) is 5.45. The molecule has 0 saturated carbocycles. The van der Waals surface area contributed by atoms with Crippen LogP contribution in [0.1, 0.15) is 27.2 Å². The molecule has 1 aliphatic rings. The third kappa shape index (κ3) is 3.95. The molecule has 0 aromatic rings. The van der Waals surface area contributed by atoms with E-state index in [2.05, 4.69) is 19.2 Å². The van der Waals surface area contributed by atoms with Gasteiger partial charge in [0.1, 0.15) is 0 Å². The minimum absolute atomic E-state index is 0.392. The molecule has 3 heteroatoms. The van der Waals surface area contributed by atoms with E-state index in [1.54, 1.807) is 0 Å². The highest BCUT2D eigenvalue weighted by atomic mass is 16.5. The van der Waals surface area contributed by atoms with Crippen molar-refractivity contribution in [3.05, 3.63) is 0 Å². The van der Waals surface area contributed by atoms with Gasteiger partial charge in [-0.25, -0.2) is 0 Å². The van der Waals surface area contributed by atoms with Crippen LogP contribution in [0.3, 0.4) is 0 Å². The molecule has 1 N–H and O–H groups in total. The summed E-state index contributed by atoms with van der Waals surface area (Å²) in [6.07, 6.45) is 1.53. The number of hydrogen-bond acceptors (Lipinski definition) is 3. The van der Waals surface area contributed by atoms with E-state index in [1.807, 2.05) is 6.92 Å². The molecule has 1 heterocycles. The van der Waals surface area contributed by atoms with Gasteiger partial charge >= 0.3 is 0 Å². The Bertz CT molecular complexity index is 150. The van der Waals surface area contributed by atoms with Crippen LogP contribution in [0.5, 0.6) is 0 Å². The van der Waals surface area contributed by atoms with Crippen LogP contribution in [-0.2, 0) is 9.47 Å². The van der Waals surface area contributed by atoms with E-state index >= 15 is 0 Å². The Morgan fingerprint density at radius 1 is 1.36 bits per heavy atom. The molecule has 14 heavy (non-hydrogen) atoms. The lowest BCUT2D eigenvalue weighted by atomic mass is 10.0. The number of ether oxygens (including phenoxy) is 2. The van der Waals surface area contributed by atoms with Gasteiger partial charge in [0.15, 0.2) is 0 Å². The van der Waals surface area contributed by atoms with Gasteiger partial charge in [-0.1, -0.05) is 13.8 Å². The van der Waals surface area contributed by atoms with Gasteiger partial charge in [0.2, 0.25) is 0 Å². The lowest BCUT2D eigenvalue weighted by Gasteiger charge is -2.14. The molecule has 0 aliphatic carbocycles. The van der Waals surface area contributed by atoms with Gasteiger partial charge in [0.05, 0.1) is 19.3 Å². The molecule has 1 rings (SSSR count). The minimum Gasteiger partial charge on any atom is -0.379 e. The molecule has 1 saturated heterocycles. The van der Waals surface area contributed by atoms with Crippen LogP contribution in [0.2, 0.25) is 0 Å². The highest BCUT2D eigenvalue weighted by Crippen LogP contribution is 2.16. The van der Waals surface area contributed by atoms with Crippen LogP contribution in [0.25, 0.3) is 0 Å². The highest BCUT2D eigenvalue weighted by molar-refractivity contribution is 4.84. The standard InChI is InChI=1S/C11H23NO2/c1-4-13-5-6-14-10-7-11(9(2)3)12-8-10/h9-12H,4-8H2,1-3H3/t10-,11-/m1/s1. The predicted molar refractivity (Wildman–Crippen MR) is 57.5 cm³/mol. The van der Waals surface area contributed by atoms with Crippen molar-refractivity contribution < 1.29 is 9.47 Å². The second-order valence-electron chi connectivity index (χ2n) is 4.18. The maximum absolute atomic E-state index is 5.70. The second-order valence-corrected chi connectivity index (χ2v) is 4.18. The van der Waals surface area contributed by atoms with Gasteiger partial charge in [-0.15, -0.1) is 0 Å². The van der Waals surface area contributed by atoms with Crippen LogP contribution >= 0.6 is 0 Å². The first kappa shape index (κ1) is 12.0. The van der Waals surface area contributed by atoms with Crippen molar-refractivity contribution in [2.75, 3.05) is 26.4 Å². The zero-order valence-corrected chi connectivity index (χ0v) is 9.58. The highest BCUT2D eigenvalue weighted by Gasteiger charge is 2.26. The lowest BCUT2D eigenvalue weighted by Crippen LogP contribution is -2.26. The largest absolute Gasteiger partial charge is 0.379 e. The summed E-state index contributed by atoms with van der Waals surface area (Å²) >= 11 is 0. The molecule has 0 radical (unpaired) electrons. The average molecular weight is 201 g/mol. The van der Waals surface area contributed by atoms with Crippen LogP contribution in [0.15, 0.2) is 0 Å². The normalized spacial score (nSPS) is 27.4. The van der Waals surface area contributed by atoms with E-state index in [0.29, 0.717) is 18.1 Å². The Morgan fingerprint density at radius 2 is 2.14 bits per heavy atom. The zero-order valence-electron chi connectivity index (χ0n) is 9.58. The van der Waals surface area contributed by atoms with Crippen LogP contribution in [0.4, 0.5) is 0 Å². The molecular formula is C11H23NO2. The lowest BCUT2D eigenvalue weighted by molar-refractivity contribution is 0.0148. The molecule has 0 aromatic carbocycles. The first-order valence-electron chi connectivity index (χ1n) is 5.66. The van der Waals surface area contributed by atoms with Crippen molar-refractivity contribution in [2.24, 2.45) is 5.92 Å². The minimum atomic E-state index is 0.392. The Labute approximate surface area is 87.2 Å². The van der Waals surface area contributed by atoms with Crippen LogP contribution < -0.4 is 5.32 Å². The Morgan fingerprint density at radius 3 is 2.71 bits per heavy atom. The van der Waals surface area contributed by atoms with Crippen LogP contribution in [-0.4, -0.2) is 38.5 Å². The van der Waals surface area contributed by atoms with Crippen molar-refractivity contribution in [3.8, 4) is 0 Å². The van der Waals surface area contributed by atoms with E-state index in [0.717, 1.165) is 32.8 Å². The summed E-state index contributed by atoms with van der Waals surface area (Å²) in [7, 11) is 0. The molecule has 0 aromatic heterocycles. The van der Waals surface area contributed by atoms with Gasteiger partial charge in [-0.05, 0) is 19.3 Å². The Hall–Kier alpha value is -0.120. The summed E-state index contributed by atoms with van der Waals surface area (Å²) in [6, 6.07) is 0.632. The third-order valence-electron chi connectivity index (χ3n) is 2.71. The summed E-state index contributed by atoms with van der Waals surface area (Å²) in [4.78, 5) is 0. The molecule has 3 nitrogen and oxygen atoms in total. The van der Waals surface area contributed by atoms with Gasteiger partial charge in [0, 0.05) is 19.2 Å². The van der Waals surface area contributed by atoms with Gasteiger partial charge in [-0.3, -0.25) is 0 Å². The molecular weight excluding hydrogens is 178 g/mol. The predicted octanol–water partition coefficient (Wildman–Crippen LogP) is 1.43. The molecule has 0 unspecified atom stereocenters. The quantitative estimate of drug-likeness (QED) is 0.659. The smallest absolute Gasteiger partial charge is 0.0715 e. The molecule has 1 aliphatic heterocycles. The summed E-state index contributed by atoms with van der Waals surface area (Å²) in [6.45, 7) is 9.73. The van der Waals surface area contributed by atoms with E-state index in [4.69, 9.17) is 9.47 Å². The van der Waals surface area contributed by atoms with Crippen molar-refractivity contribution in [1.82, 2.24) is 5.32 Å². The molecule has 2 atom stereocenters. The number of hydrogen-bond donors (Lipinski definition) is 1. The summed E-state index contributed by atoms with van der Waals surface area (Å²) in [5.74, 6) is 0.704. The molecule has 0 spiro atoms. The molecule has 0 amide bonds. The van der Waals surface area contributed by atoms with Crippen molar-refractivity contribution in [1.29, 1.82) is 0 Å². The topological polar surface area (TPSA) is 30.5 Å². The van der Waals surface area contributed by atoms with E-state index in [1.165, 1.54) is 0 Å².